The van der Waals surface area contributed by atoms with Crippen LogP contribution in [0, 0.1) is 23.2 Å². The fourth-order valence-corrected chi connectivity index (χ4v) is 2.52. The van der Waals surface area contributed by atoms with Crippen LogP contribution in [0.5, 0.6) is 0 Å². The second-order valence-corrected chi connectivity index (χ2v) is 5.05. The second kappa shape index (κ2) is 6.23. The molecular formula is C16H16N2O3. The Bertz CT molecular complexity index is 631. The van der Waals surface area contributed by atoms with Gasteiger partial charge in [-0.15, -0.1) is 0 Å². The fourth-order valence-electron chi connectivity index (χ4n) is 2.52. The summed E-state index contributed by atoms with van der Waals surface area (Å²) in [6.07, 6.45) is 4.45. The summed E-state index contributed by atoms with van der Waals surface area (Å²) in [4.78, 5) is 25.3. The van der Waals surface area contributed by atoms with Gasteiger partial charge in [0.05, 0.1) is 23.5 Å². The van der Waals surface area contributed by atoms with Gasteiger partial charge in [-0.2, -0.15) is 5.26 Å². The maximum Gasteiger partial charge on any atom is 0.307 e. The molecule has 0 unspecified atom stereocenters. The van der Waals surface area contributed by atoms with E-state index in [0.29, 0.717) is 24.1 Å². The number of carboxylic acids is 1. The minimum atomic E-state index is -0.947. The number of hydrogen-bond donors (Lipinski definition) is 1. The molecule has 1 N–H and O–H groups in total. The van der Waals surface area contributed by atoms with E-state index in [1.54, 1.807) is 37.4 Å². The maximum atomic E-state index is 12.6. The largest absolute Gasteiger partial charge is 0.481 e. The van der Waals surface area contributed by atoms with Crippen LogP contribution in [0.4, 0.5) is 5.69 Å². The summed E-state index contributed by atoms with van der Waals surface area (Å²) in [5.41, 5.74) is 1.06. The van der Waals surface area contributed by atoms with Gasteiger partial charge in [0.25, 0.3) is 0 Å². The molecule has 0 radical (unpaired) electrons. The normalized spacial score (nSPS) is 20.6. The van der Waals surface area contributed by atoms with E-state index in [4.69, 9.17) is 5.26 Å². The van der Waals surface area contributed by atoms with Crippen molar-refractivity contribution in [3.8, 4) is 6.07 Å². The van der Waals surface area contributed by atoms with Crippen molar-refractivity contribution in [3.05, 3.63) is 42.0 Å². The van der Waals surface area contributed by atoms with Crippen LogP contribution in [0.25, 0.3) is 0 Å². The minimum absolute atomic E-state index is 0.234. The third kappa shape index (κ3) is 3.11. The Hall–Kier alpha value is -2.61. The van der Waals surface area contributed by atoms with Gasteiger partial charge in [-0.1, -0.05) is 18.2 Å². The predicted octanol–water partition coefficient (Wildman–Crippen LogP) is 2.19. The molecule has 1 aliphatic rings. The summed E-state index contributed by atoms with van der Waals surface area (Å²) in [5, 5.41) is 18.2. The van der Waals surface area contributed by atoms with Gasteiger partial charge in [-0.25, -0.2) is 0 Å². The van der Waals surface area contributed by atoms with Crippen molar-refractivity contribution in [1.82, 2.24) is 0 Å². The van der Waals surface area contributed by atoms with Crippen molar-refractivity contribution < 1.29 is 14.7 Å². The number of anilines is 1. The lowest BCUT2D eigenvalue weighted by Gasteiger charge is -2.28. The van der Waals surface area contributed by atoms with E-state index in [0.717, 1.165) is 0 Å². The average Bonchev–Trinajstić information content (AvgIpc) is 2.53. The summed E-state index contributed by atoms with van der Waals surface area (Å²) >= 11 is 0. The number of nitriles is 1. The molecule has 0 fully saturated rings. The Labute approximate surface area is 123 Å². The van der Waals surface area contributed by atoms with Gasteiger partial charge >= 0.3 is 5.97 Å². The summed E-state index contributed by atoms with van der Waals surface area (Å²) in [7, 11) is 1.61. The molecule has 0 saturated heterocycles. The van der Waals surface area contributed by atoms with Crippen molar-refractivity contribution in [3.63, 3.8) is 0 Å². The van der Waals surface area contributed by atoms with Crippen LogP contribution < -0.4 is 4.90 Å². The maximum absolute atomic E-state index is 12.6. The monoisotopic (exact) mass is 284 g/mol. The van der Waals surface area contributed by atoms with Crippen molar-refractivity contribution in [1.29, 1.82) is 5.26 Å². The zero-order valence-electron chi connectivity index (χ0n) is 11.7. The van der Waals surface area contributed by atoms with E-state index in [1.165, 1.54) is 4.90 Å². The topological polar surface area (TPSA) is 81.4 Å². The van der Waals surface area contributed by atoms with Crippen LogP contribution >= 0.6 is 0 Å². The van der Waals surface area contributed by atoms with E-state index in [1.807, 2.05) is 12.1 Å². The fraction of sp³-hybridized carbons (Fsp3) is 0.312. The molecule has 0 aromatic heterocycles. The number of nitrogens with zero attached hydrogens (tertiary/aromatic N) is 2. The highest BCUT2D eigenvalue weighted by Crippen LogP contribution is 2.29. The lowest BCUT2D eigenvalue weighted by molar-refractivity contribution is -0.146. The molecule has 2 atom stereocenters. The molecule has 5 nitrogen and oxygen atoms in total. The number of carboxylic acid groups (broad SMARTS) is 1. The first kappa shape index (κ1) is 14.8. The molecule has 21 heavy (non-hydrogen) atoms. The molecule has 1 amide bonds. The van der Waals surface area contributed by atoms with E-state index in [2.05, 4.69) is 0 Å². The summed E-state index contributed by atoms with van der Waals surface area (Å²) in [6.45, 7) is 0. The third-order valence-electron chi connectivity index (χ3n) is 3.76. The van der Waals surface area contributed by atoms with E-state index >= 15 is 0 Å². The molecule has 0 heterocycles. The molecule has 1 aliphatic carbocycles. The average molecular weight is 284 g/mol. The Balaban J connectivity index is 2.23. The number of allylic oxidation sites excluding steroid dienone is 2. The molecule has 5 heteroatoms. The van der Waals surface area contributed by atoms with Crippen LogP contribution in [-0.4, -0.2) is 24.0 Å². The van der Waals surface area contributed by atoms with Crippen LogP contribution in [0.3, 0.4) is 0 Å². The summed E-state index contributed by atoms with van der Waals surface area (Å²) in [5.74, 6) is -2.44. The Morgan fingerprint density at radius 3 is 2.57 bits per heavy atom. The first-order chi connectivity index (χ1) is 10.0. The van der Waals surface area contributed by atoms with Gasteiger partial charge in [0.15, 0.2) is 0 Å². The van der Waals surface area contributed by atoms with Crippen molar-refractivity contribution >= 4 is 17.6 Å². The number of hydrogen-bond acceptors (Lipinski definition) is 3. The first-order valence-corrected chi connectivity index (χ1v) is 6.70. The lowest BCUT2D eigenvalue weighted by atomic mass is 9.82. The number of amides is 1. The number of benzene rings is 1. The van der Waals surface area contributed by atoms with Gasteiger partial charge in [0.1, 0.15) is 0 Å². The number of carbonyl (C=O) groups is 2. The SMILES string of the molecule is CN(C(=O)[C@@H]1CC=CC[C@@H]1C(=O)O)c1cccc(C#N)c1. The summed E-state index contributed by atoms with van der Waals surface area (Å²) in [6, 6.07) is 8.73. The Morgan fingerprint density at radius 1 is 1.29 bits per heavy atom. The molecule has 2 rings (SSSR count). The van der Waals surface area contributed by atoms with Gasteiger partial charge in [-0.3, -0.25) is 9.59 Å². The molecule has 0 saturated carbocycles. The van der Waals surface area contributed by atoms with Crippen molar-refractivity contribution in [2.75, 3.05) is 11.9 Å². The highest BCUT2D eigenvalue weighted by Gasteiger charge is 2.35. The van der Waals surface area contributed by atoms with Crippen LogP contribution in [0.2, 0.25) is 0 Å². The second-order valence-electron chi connectivity index (χ2n) is 5.05. The quantitative estimate of drug-likeness (QED) is 0.863. The highest BCUT2D eigenvalue weighted by atomic mass is 16.4. The standard InChI is InChI=1S/C16H16N2O3/c1-18(12-6-4-5-11(9-12)10-17)15(19)13-7-2-3-8-14(13)16(20)21/h2-6,9,13-14H,7-8H2,1H3,(H,20,21)/t13-,14+/m1/s1. The van der Waals surface area contributed by atoms with Crippen LogP contribution in [0.15, 0.2) is 36.4 Å². The van der Waals surface area contributed by atoms with Crippen LogP contribution in [0.1, 0.15) is 18.4 Å². The van der Waals surface area contributed by atoms with Gasteiger partial charge < -0.3 is 10.0 Å². The molecular weight excluding hydrogens is 268 g/mol. The highest BCUT2D eigenvalue weighted by molar-refractivity contribution is 5.97. The third-order valence-corrected chi connectivity index (χ3v) is 3.76. The minimum Gasteiger partial charge on any atom is -0.481 e. The van der Waals surface area contributed by atoms with Gasteiger partial charge in [0.2, 0.25) is 5.91 Å². The zero-order valence-corrected chi connectivity index (χ0v) is 11.7. The van der Waals surface area contributed by atoms with Gasteiger partial charge in [0, 0.05) is 12.7 Å². The number of aliphatic carboxylic acids is 1. The molecule has 1 aromatic rings. The number of carbonyl (C=O) groups excluding carboxylic acids is 1. The lowest BCUT2D eigenvalue weighted by Crippen LogP contribution is -2.40. The van der Waals surface area contributed by atoms with E-state index < -0.39 is 17.8 Å². The van der Waals surface area contributed by atoms with Crippen LogP contribution in [-0.2, 0) is 9.59 Å². The molecule has 0 bridgehead atoms. The molecule has 0 aliphatic heterocycles. The Morgan fingerprint density at radius 2 is 1.95 bits per heavy atom. The van der Waals surface area contributed by atoms with Crippen molar-refractivity contribution in [2.24, 2.45) is 11.8 Å². The molecule has 0 spiro atoms. The number of rotatable bonds is 3. The first-order valence-electron chi connectivity index (χ1n) is 6.70. The van der Waals surface area contributed by atoms with E-state index in [9.17, 15) is 14.7 Å². The Kier molecular flexibility index (Phi) is 4.39. The van der Waals surface area contributed by atoms with E-state index in [-0.39, 0.29) is 5.91 Å². The predicted molar refractivity (Wildman–Crippen MR) is 77.6 cm³/mol. The summed E-state index contributed by atoms with van der Waals surface area (Å²) < 4.78 is 0. The van der Waals surface area contributed by atoms with Crippen molar-refractivity contribution in [2.45, 2.75) is 12.8 Å². The zero-order chi connectivity index (χ0) is 15.4. The molecule has 108 valence electrons. The van der Waals surface area contributed by atoms with Gasteiger partial charge in [-0.05, 0) is 31.0 Å². The smallest absolute Gasteiger partial charge is 0.307 e. The molecule has 1 aromatic carbocycles.